The number of nitrogens with two attached hydrogens (primary N) is 1. The number of hydrogen-bond acceptors (Lipinski definition) is 3. The van der Waals surface area contributed by atoms with Crippen molar-refractivity contribution in [3.8, 4) is 5.75 Å². The number of para-hydroxylation sites is 1. The molecule has 21 heavy (non-hydrogen) atoms. The molecule has 4 aliphatic carbocycles. The highest BCUT2D eigenvalue weighted by Gasteiger charge is 2.49. The Morgan fingerprint density at radius 2 is 1.71 bits per heavy atom. The van der Waals surface area contributed by atoms with Crippen LogP contribution in [0.15, 0.2) is 18.2 Å². The normalized spacial score (nSPS) is 36.7. The predicted molar refractivity (Wildman–Crippen MR) is 79.3 cm³/mol. The first kappa shape index (κ1) is 13.0. The van der Waals surface area contributed by atoms with Gasteiger partial charge in [0.1, 0.15) is 11.7 Å². The van der Waals surface area contributed by atoms with E-state index in [-0.39, 0.29) is 11.7 Å². The Morgan fingerprint density at radius 3 is 2.29 bits per heavy atom. The zero-order chi connectivity index (χ0) is 14.6. The van der Waals surface area contributed by atoms with Crippen LogP contribution in [0, 0.1) is 23.7 Å². The van der Waals surface area contributed by atoms with E-state index in [1.807, 2.05) is 0 Å². The number of nitrogen functional groups attached to an aromatic ring is 1. The molecular weight excluding hydrogens is 266 g/mol. The third kappa shape index (κ3) is 2.08. The Morgan fingerprint density at radius 1 is 1.10 bits per heavy atom. The van der Waals surface area contributed by atoms with E-state index in [1.54, 1.807) is 18.2 Å². The van der Waals surface area contributed by atoms with Gasteiger partial charge in [-0.1, -0.05) is 6.07 Å². The maximum atomic E-state index is 11.4. The number of carboxylic acids is 1. The van der Waals surface area contributed by atoms with Crippen LogP contribution in [-0.4, -0.2) is 17.2 Å². The van der Waals surface area contributed by atoms with Gasteiger partial charge in [0.05, 0.1) is 5.69 Å². The zero-order valence-corrected chi connectivity index (χ0v) is 12.0. The molecule has 5 rings (SSSR count). The second-order valence-electron chi connectivity index (χ2n) is 7.04. The maximum Gasteiger partial charge on any atom is 0.339 e. The molecule has 0 radical (unpaired) electrons. The number of anilines is 1. The minimum absolute atomic E-state index is 0.153. The third-order valence-electron chi connectivity index (χ3n) is 5.67. The van der Waals surface area contributed by atoms with Crippen LogP contribution in [0.3, 0.4) is 0 Å². The smallest absolute Gasteiger partial charge is 0.339 e. The number of ether oxygens (including phenoxy) is 1. The molecule has 1 aromatic carbocycles. The molecule has 0 heterocycles. The summed E-state index contributed by atoms with van der Waals surface area (Å²) in [4.78, 5) is 11.4. The number of carboxylic acid groups (broad SMARTS) is 1. The lowest BCUT2D eigenvalue weighted by Gasteiger charge is -2.53. The molecule has 4 aliphatic rings. The standard InChI is InChI=1S/C17H21NO3/c18-14-3-1-2-13(17(19)20)16(14)21-15-11-5-9-4-10(7-11)8-12(15)6-9/h1-3,9-12,15H,4-8,18H2,(H,19,20). The SMILES string of the molecule is Nc1cccc(C(=O)O)c1OC1C2CC3CC(C2)CC1C3. The summed E-state index contributed by atoms with van der Waals surface area (Å²) in [7, 11) is 0. The van der Waals surface area contributed by atoms with E-state index in [9.17, 15) is 9.90 Å². The van der Waals surface area contributed by atoms with Crippen molar-refractivity contribution in [3.63, 3.8) is 0 Å². The van der Waals surface area contributed by atoms with Crippen molar-refractivity contribution in [1.29, 1.82) is 0 Å². The summed E-state index contributed by atoms with van der Waals surface area (Å²) in [5.74, 6) is 2.33. The highest BCUT2D eigenvalue weighted by Crippen LogP contribution is 2.55. The van der Waals surface area contributed by atoms with Crippen LogP contribution in [-0.2, 0) is 0 Å². The van der Waals surface area contributed by atoms with Gasteiger partial charge in [0.15, 0.2) is 5.75 Å². The molecule has 4 fully saturated rings. The number of hydrogen-bond donors (Lipinski definition) is 2. The summed E-state index contributed by atoms with van der Waals surface area (Å²) in [6.45, 7) is 0. The summed E-state index contributed by atoms with van der Waals surface area (Å²) >= 11 is 0. The Kier molecular flexibility index (Phi) is 2.88. The molecule has 4 saturated carbocycles. The summed E-state index contributed by atoms with van der Waals surface area (Å²) in [5, 5.41) is 9.34. The van der Waals surface area contributed by atoms with E-state index < -0.39 is 5.97 Å². The van der Waals surface area contributed by atoms with Crippen LogP contribution in [0.2, 0.25) is 0 Å². The van der Waals surface area contributed by atoms with E-state index in [0.29, 0.717) is 23.3 Å². The molecule has 4 bridgehead atoms. The van der Waals surface area contributed by atoms with Gasteiger partial charge in [-0.2, -0.15) is 0 Å². The van der Waals surface area contributed by atoms with Crippen molar-refractivity contribution in [2.24, 2.45) is 23.7 Å². The van der Waals surface area contributed by atoms with Gasteiger partial charge < -0.3 is 15.6 Å². The Bertz CT molecular complexity index is 555. The molecule has 0 saturated heterocycles. The van der Waals surface area contributed by atoms with E-state index in [2.05, 4.69) is 0 Å². The van der Waals surface area contributed by atoms with Crippen molar-refractivity contribution in [3.05, 3.63) is 23.8 Å². The Hall–Kier alpha value is -1.71. The molecule has 0 unspecified atom stereocenters. The average Bonchev–Trinajstić information content (AvgIpc) is 2.43. The number of rotatable bonds is 3. The van der Waals surface area contributed by atoms with Crippen LogP contribution in [0.25, 0.3) is 0 Å². The second kappa shape index (κ2) is 4.65. The minimum atomic E-state index is -0.971. The Labute approximate surface area is 124 Å². The molecular formula is C17H21NO3. The van der Waals surface area contributed by atoms with Crippen molar-refractivity contribution >= 4 is 11.7 Å². The molecule has 0 amide bonds. The van der Waals surface area contributed by atoms with Crippen LogP contribution in [0.4, 0.5) is 5.69 Å². The molecule has 4 heteroatoms. The fraction of sp³-hybridized carbons (Fsp3) is 0.588. The van der Waals surface area contributed by atoms with Gasteiger partial charge in [-0.3, -0.25) is 0 Å². The summed E-state index contributed by atoms with van der Waals surface area (Å²) in [6.07, 6.45) is 6.52. The van der Waals surface area contributed by atoms with Gasteiger partial charge >= 0.3 is 5.97 Å². The first-order chi connectivity index (χ1) is 10.1. The van der Waals surface area contributed by atoms with Gasteiger partial charge in [0, 0.05) is 0 Å². The maximum absolute atomic E-state index is 11.4. The molecule has 1 aromatic rings. The van der Waals surface area contributed by atoms with Gasteiger partial charge in [-0.05, 0) is 67.9 Å². The first-order valence-corrected chi connectivity index (χ1v) is 7.90. The Balaban J connectivity index is 1.63. The van der Waals surface area contributed by atoms with Crippen molar-refractivity contribution in [2.45, 2.75) is 38.2 Å². The molecule has 3 N–H and O–H groups in total. The van der Waals surface area contributed by atoms with Gasteiger partial charge in [-0.25, -0.2) is 4.79 Å². The molecule has 0 aliphatic heterocycles. The quantitative estimate of drug-likeness (QED) is 0.837. The van der Waals surface area contributed by atoms with Gasteiger partial charge in [-0.15, -0.1) is 0 Å². The predicted octanol–water partition coefficient (Wildman–Crippen LogP) is 3.17. The topological polar surface area (TPSA) is 72.6 Å². The number of aromatic carboxylic acids is 1. The van der Waals surface area contributed by atoms with E-state index >= 15 is 0 Å². The van der Waals surface area contributed by atoms with Gasteiger partial charge in [0.2, 0.25) is 0 Å². The van der Waals surface area contributed by atoms with E-state index in [1.165, 1.54) is 32.1 Å². The van der Waals surface area contributed by atoms with Crippen LogP contribution >= 0.6 is 0 Å². The van der Waals surface area contributed by atoms with Crippen LogP contribution < -0.4 is 10.5 Å². The van der Waals surface area contributed by atoms with E-state index in [4.69, 9.17) is 10.5 Å². The lowest BCUT2D eigenvalue weighted by molar-refractivity contribution is -0.0789. The van der Waals surface area contributed by atoms with Crippen molar-refractivity contribution in [2.75, 3.05) is 5.73 Å². The molecule has 0 atom stereocenters. The monoisotopic (exact) mass is 287 g/mol. The summed E-state index contributed by atoms with van der Waals surface area (Å²) in [5.41, 5.74) is 6.59. The van der Waals surface area contributed by atoms with Gasteiger partial charge in [0.25, 0.3) is 0 Å². The largest absolute Gasteiger partial charge is 0.487 e. The third-order valence-corrected chi connectivity index (χ3v) is 5.67. The first-order valence-electron chi connectivity index (χ1n) is 7.90. The minimum Gasteiger partial charge on any atom is -0.487 e. The van der Waals surface area contributed by atoms with Crippen LogP contribution in [0.1, 0.15) is 42.5 Å². The molecule has 0 aromatic heterocycles. The summed E-state index contributed by atoms with van der Waals surface area (Å²) in [6, 6.07) is 4.96. The molecule has 4 nitrogen and oxygen atoms in total. The summed E-state index contributed by atoms with van der Waals surface area (Å²) < 4.78 is 6.21. The molecule has 112 valence electrons. The zero-order valence-electron chi connectivity index (χ0n) is 12.0. The average molecular weight is 287 g/mol. The highest BCUT2D eigenvalue weighted by atomic mass is 16.5. The van der Waals surface area contributed by atoms with Crippen molar-refractivity contribution in [1.82, 2.24) is 0 Å². The molecule has 0 spiro atoms. The van der Waals surface area contributed by atoms with E-state index in [0.717, 1.165) is 11.8 Å². The highest BCUT2D eigenvalue weighted by molar-refractivity contribution is 5.93. The number of carbonyl (C=O) groups is 1. The van der Waals surface area contributed by atoms with Crippen molar-refractivity contribution < 1.29 is 14.6 Å². The fourth-order valence-corrected chi connectivity index (χ4v) is 5.06. The van der Waals surface area contributed by atoms with Crippen LogP contribution in [0.5, 0.6) is 5.75 Å². The lowest BCUT2D eigenvalue weighted by atomic mass is 9.55. The fourth-order valence-electron chi connectivity index (χ4n) is 5.06. The number of benzene rings is 1. The second-order valence-corrected chi connectivity index (χ2v) is 7.04. The lowest BCUT2D eigenvalue weighted by Crippen LogP contribution is -2.50.